The highest BCUT2D eigenvalue weighted by molar-refractivity contribution is 5.08. The summed E-state index contributed by atoms with van der Waals surface area (Å²) in [7, 11) is 0. The third kappa shape index (κ3) is 0.832. The Balaban J connectivity index is 3.56. The number of pyridine rings is 1. The molecule has 1 rings (SSSR count). The molecule has 1 nitrogen and oxygen atoms in total. The van der Waals surface area contributed by atoms with Crippen molar-refractivity contribution in [1.29, 1.82) is 0 Å². The second kappa shape index (κ2) is 1.90. The summed E-state index contributed by atoms with van der Waals surface area (Å²) in [5, 5.41) is 0. The van der Waals surface area contributed by atoms with Crippen molar-refractivity contribution in [2.75, 3.05) is 0 Å². The molecular formula is C6H6FN. The van der Waals surface area contributed by atoms with E-state index >= 15 is 0 Å². The van der Waals surface area contributed by atoms with Crippen LogP contribution in [0.5, 0.6) is 0 Å². The first-order valence-electron chi connectivity index (χ1n) is 4.89. The van der Waals surface area contributed by atoms with Crippen LogP contribution in [0, 0.1) is 12.7 Å². The third-order valence-electron chi connectivity index (χ3n) is 0.610. The van der Waals surface area contributed by atoms with Gasteiger partial charge in [0.25, 0.3) is 0 Å². The minimum Gasteiger partial charge on any atom is -0.262 e. The number of halogens is 1. The molecule has 0 N–H and O–H groups in total. The normalized spacial score (nSPS) is 21.6. The smallest absolute Gasteiger partial charge is 0.144 e. The number of hydrogen-bond donors (Lipinski definition) is 0. The monoisotopic (exact) mass is 117 g/mol. The molecule has 0 aliphatic rings. The molecule has 1 aromatic rings. The lowest BCUT2D eigenvalue weighted by atomic mass is 10.3. The molecule has 0 fully saturated rings. The highest BCUT2D eigenvalue weighted by Crippen LogP contribution is 1.99. The van der Waals surface area contributed by atoms with Gasteiger partial charge in [0.15, 0.2) is 0 Å². The van der Waals surface area contributed by atoms with Crippen LogP contribution in [0.25, 0.3) is 0 Å². The Morgan fingerprint density at radius 1 is 2.00 bits per heavy atom. The molecule has 8 heavy (non-hydrogen) atoms. The highest BCUT2D eigenvalue weighted by Gasteiger charge is 1.89. The van der Waals surface area contributed by atoms with Crippen molar-refractivity contribution in [1.82, 2.24) is 4.98 Å². The molecule has 1 heterocycles. The number of nitrogens with zero attached hydrogens (tertiary/aromatic N) is 1. The van der Waals surface area contributed by atoms with Gasteiger partial charge >= 0.3 is 0 Å². The van der Waals surface area contributed by atoms with Crippen LogP contribution in [0.4, 0.5) is 4.39 Å². The van der Waals surface area contributed by atoms with Crippen LogP contribution < -0.4 is 0 Å². The lowest BCUT2D eigenvalue weighted by Gasteiger charge is -1.88. The number of rotatable bonds is 0. The summed E-state index contributed by atoms with van der Waals surface area (Å²) in [4.78, 5) is 3.07. The average Bonchev–Trinajstić information content (AvgIpc) is 1.98. The molecule has 0 saturated carbocycles. The fourth-order valence-electron chi connectivity index (χ4n) is 0.272. The van der Waals surface area contributed by atoms with E-state index in [0.717, 1.165) is 0 Å². The van der Waals surface area contributed by atoms with Gasteiger partial charge in [0.05, 0.1) is 10.3 Å². The zero-order valence-corrected chi connectivity index (χ0v) is 3.83. The lowest BCUT2D eigenvalue weighted by molar-refractivity contribution is 0.612. The molecule has 0 radical (unpaired) electrons. The second-order valence-corrected chi connectivity index (χ2v) is 1.15. The molecule has 0 spiro atoms. The zero-order valence-electron chi connectivity index (χ0n) is 9.83. The van der Waals surface area contributed by atoms with Crippen molar-refractivity contribution in [3.05, 3.63) is 29.8 Å². The van der Waals surface area contributed by atoms with Gasteiger partial charge in [-0.2, -0.15) is 0 Å². The van der Waals surface area contributed by atoms with Crippen molar-refractivity contribution in [3.63, 3.8) is 0 Å². The summed E-state index contributed by atoms with van der Waals surface area (Å²) in [6.07, 6.45) is -1.63. The number of hydrogen-bond acceptors (Lipinski definition) is 1. The van der Waals surface area contributed by atoms with Crippen LogP contribution in [-0.4, -0.2) is 4.98 Å². The first kappa shape index (κ1) is 1.53. The Labute approximate surface area is 55.6 Å². The van der Waals surface area contributed by atoms with Crippen molar-refractivity contribution in [2.45, 2.75) is 6.85 Å². The summed E-state index contributed by atoms with van der Waals surface area (Å²) < 4.78 is 55.0. The molecule has 0 saturated heterocycles. The molecule has 0 aliphatic heterocycles. The van der Waals surface area contributed by atoms with Gasteiger partial charge in [-0.05, 0) is 18.5 Å². The van der Waals surface area contributed by atoms with E-state index in [4.69, 9.17) is 8.22 Å². The van der Waals surface area contributed by atoms with Crippen molar-refractivity contribution >= 4 is 0 Å². The van der Waals surface area contributed by atoms with E-state index in [0.29, 0.717) is 0 Å². The molecule has 42 valence electrons. The Bertz CT molecular complexity index is 347. The molecule has 0 aliphatic carbocycles. The zero-order chi connectivity index (χ0) is 11.1. The Kier molecular flexibility index (Phi) is 0.364. The quantitative estimate of drug-likeness (QED) is 0.502. The predicted octanol–water partition coefficient (Wildman–Crippen LogP) is 1.53. The largest absolute Gasteiger partial charge is 0.262 e. The maximum absolute atomic E-state index is 13.1. The van der Waals surface area contributed by atoms with Gasteiger partial charge in [0, 0.05) is 10.3 Å². The minimum atomic E-state index is -2.84. The first-order valence-corrected chi connectivity index (χ1v) is 1.89. The SMILES string of the molecule is [2H]c1nc([2H])c(F)c(C([2H])([2H])[2H])c1[2H]. The van der Waals surface area contributed by atoms with Gasteiger partial charge in [0.2, 0.25) is 0 Å². The highest BCUT2D eigenvalue weighted by atomic mass is 19.1. The van der Waals surface area contributed by atoms with Crippen molar-refractivity contribution < 1.29 is 12.6 Å². The van der Waals surface area contributed by atoms with Crippen LogP contribution in [0.1, 0.15) is 13.8 Å². The second-order valence-electron chi connectivity index (χ2n) is 1.15. The number of aromatic nitrogens is 1. The lowest BCUT2D eigenvalue weighted by Crippen LogP contribution is -1.80. The van der Waals surface area contributed by atoms with Gasteiger partial charge in [-0.15, -0.1) is 0 Å². The van der Waals surface area contributed by atoms with Crippen LogP contribution in [0.3, 0.4) is 0 Å². The van der Waals surface area contributed by atoms with E-state index in [1.807, 2.05) is 0 Å². The fourth-order valence-corrected chi connectivity index (χ4v) is 0.272. The van der Waals surface area contributed by atoms with E-state index < -0.39 is 36.6 Å². The van der Waals surface area contributed by atoms with Crippen LogP contribution >= 0.6 is 0 Å². The molecule has 0 amide bonds. The van der Waals surface area contributed by atoms with Gasteiger partial charge in [0.1, 0.15) is 5.82 Å². The van der Waals surface area contributed by atoms with E-state index in [1.165, 1.54) is 0 Å². The average molecular weight is 117 g/mol. The molecule has 0 unspecified atom stereocenters. The summed E-state index contributed by atoms with van der Waals surface area (Å²) in [6, 6.07) is -0.793. The van der Waals surface area contributed by atoms with E-state index in [2.05, 4.69) is 4.98 Å². The standard InChI is InChI=1S/C6H6FN/c1-5-2-3-8-4-6(5)7/h2-4H,1H3/i1D3,2D,3D,4D. The molecule has 0 bridgehead atoms. The topological polar surface area (TPSA) is 12.9 Å². The maximum atomic E-state index is 13.1. The Morgan fingerprint density at radius 2 is 2.88 bits per heavy atom. The van der Waals surface area contributed by atoms with Gasteiger partial charge in [-0.3, -0.25) is 4.98 Å². The maximum Gasteiger partial charge on any atom is 0.144 e. The summed E-state index contributed by atoms with van der Waals surface area (Å²) in [6.45, 7) is -2.84. The minimum absolute atomic E-state index is 0.706. The fraction of sp³-hybridized carbons (Fsp3) is 0.167. The van der Waals surface area contributed by atoms with Crippen LogP contribution in [0.15, 0.2) is 18.4 Å². The summed E-state index contributed by atoms with van der Waals surface area (Å²) >= 11 is 0. The Hall–Kier alpha value is -0.920. The Morgan fingerprint density at radius 3 is 3.62 bits per heavy atom. The van der Waals surface area contributed by atoms with Crippen LogP contribution in [-0.2, 0) is 0 Å². The molecule has 0 aromatic carbocycles. The van der Waals surface area contributed by atoms with E-state index in [-0.39, 0.29) is 0 Å². The molecule has 1 aromatic heterocycles. The predicted molar refractivity (Wildman–Crippen MR) is 28.9 cm³/mol. The third-order valence-corrected chi connectivity index (χ3v) is 0.610. The van der Waals surface area contributed by atoms with Gasteiger partial charge in [-0.1, -0.05) is 0 Å². The summed E-state index contributed by atoms with van der Waals surface area (Å²) in [5.41, 5.74) is -0.914. The van der Waals surface area contributed by atoms with E-state index in [9.17, 15) is 4.39 Å². The first-order chi connectivity index (χ1) is 6.25. The van der Waals surface area contributed by atoms with Crippen molar-refractivity contribution in [3.8, 4) is 0 Å². The van der Waals surface area contributed by atoms with Gasteiger partial charge < -0.3 is 0 Å². The van der Waals surface area contributed by atoms with Crippen molar-refractivity contribution in [2.24, 2.45) is 0 Å². The van der Waals surface area contributed by atoms with Crippen LogP contribution in [0.2, 0.25) is 0 Å². The van der Waals surface area contributed by atoms with E-state index in [1.54, 1.807) is 0 Å². The van der Waals surface area contributed by atoms with Gasteiger partial charge in [-0.25, -0.2) is 4.39 Å². The summed E-state index contributed by atoms with van der Waals surface area (Å²) in [5.74, 6) is -1.36. The molecular weight excluding hydrogens is 105 g/mol. The molecule has 2 heteroatoms. The molecule has 0 atom stereocenters.